The van der Waals surface area contributed by atoms with Gasteiger partial charge in [-0.3, -0.25) is 4.79 Å². The van der Waals surface area contributed by atoms with E-state index in [1.54, 1.807) is 0 Å². The van der Waals surface area contributed by atoms with Crippen LogP contribution in [-0.2, 0) is 6.42 Å². The molecule has 2 aromatic rings. The highest BCUT2D eigenvalue weighted by molar-refractivity contribution is 7.13. The topological polar surface area (TPSA) is 62.2 Å². The number of carbonyl (C=O) groups excluding carboxylic acids is 1. The zero-order valence-electron chi connectivity index (χ0n) is 14.9. The Bertz CT molecular complexity index is 708. The van der Waals surface area contributed by atoms with Gasteiger partial charge in [-0.25, -0.2) is 4.98 Å². The molecule has 1 aliphatic carbocycles. The summed E-state index contributed by atoms with van der Waals surface area (Å²) >= 11 is 1.52. The summed E-state index contributed by atoms with van der Waals surface area (Å²) in [5.41, 5.74) is 1.86. The third kappa shape index (κ3) is 4.47. The molecule has 0 saturated heterocycles. The SMILES string of the molecule is Cc1nc(C2CCCC2)sc1C(=O)N[C@@H](C)[C@@H](O)Cc1ccccc1. The van der Waals surface area contributed by atoms with Crippen molar-refractivity contribution in [3.63, 3.8) is 0 Å². The van der Waals surface area contributed by atoms with Crippen LogP contribution in [-0.4, -0.2) is 28.1 Å². The Hall–Kier alpha value is -1.72. The van der Waals surface area contributed by atoms with E-state index in [0.717, 1.165) is 16.3 Å². The number of nitrogens with zero attached hydrogens (tertiary/aromatic N) is 1. The van der Waals surface area contributed by atoms with Crippen LogP contribution in [0.4, 0.5) is 0 Å². The van der Waals surface area contributed by atoms with Gasteiger partial charge in [0.25, 0.3) is 5.91 Å². The fourth-order valence-electron chi connectivity index (χ4n) is 3.38. The largest absolute Gasteiger partial charge is 0.391 e. The van der Waals surface area contributed by atoms with Crippen LogP contribution in [0, 0.1) is 6.92 Å². The van der Waals surface area contributed by atoms with E-state index in [-0.39, 0.29) is 11.9 Å². The van der Waals surface area contributed by atoms with Gasteiger partial charge >= 0.3 is 0 Å². The molecule has 0 unspecified atom stereocenters. The Morgan fingerprint density at radius 2 is 2.00 bits per heavy atom. The summed E-state index contributed by atoms with van der Waals surface area (Å²) in [5, 5.41) is 14.4. The lowest BCUT2D eigenvalue weighted by molar-refractivity contribution is 0.0855. The second-order valence-corrected chi connectivity index (χ2v) is 8.00. The number of rotatable bonds is 6. The van der Waals surface area contributed by atoms with Gasteiger partial charge in [0, 0.05) is 12.3 Å². The number of hydrogen-bond donors (Lipinski definition) is 2. The molecule has 0 bridgehead atoms. The van der Waals surface area contributed by atoms with E-state index in [0.29, 0.717) is 17.2 Å². The highest BCUT2D eigenvalue weighted by atomic mass is 32.1. The van der Waals surface area contributed by atoms with Gasteiger partial charge in [-0.05, 0) is 32.3 Å². The molecule has 2 N–H and O–H groups in total. The molecule has 1 saturated carbocycles. The third-order valence-electron chi connectivity index (χ3n) is 4.95. The van der Waals surface area contributed by atoms with Crippen molar-refractivity contribution in [3.05, 3.63) is 51.5 Å². The summed E-state index contributed by atoms with van der Waals surface area (Å²) in [4.78, 5) is 17.9. The first-order chi connectivity index (χ1) is 12.0. The predicted molar refractivity (Wildman–Crippen MR) is 101 cm³/mol. The molecule has 1 heterocycles. The zero-order valence-corrected chi connectivity index (χ0v) is 15.7. The first-order valence-corrected chi connectivity index (χ1v) is 9.86. The van der Waals surface area contributed by atoms with Crippen molar-refractivity contribution in [1.82, 2.24) is 10.3 Å². The first-order valence-electron chi connectivity index (χ1n) is 9.04. The number of thiazole rings is 1. The summed E-state index contributed by atoms with van der Waals surface area (Å²) in [6.07, 6.45) is 4.78. The lowest BCUT2D eigenvalue weighted by atomic mass is 10.0. The van der Waals surface area contributed by atoms with Crippen molar-refractivity contribution >= 4 is 17.2 Å². The van der Waals surface area contributed by atoms with E-state index in [4.69, 9.17) is 0 Å². The summed E-state index contributed by atoms with van der Waals surface area (Å²) in [6.45, 7) is 3.74. The van der Waals surface area contributed by atoms with Gasteiger partial charge in [0.15, 0.2) is 0 Å². The van der Waals surface area contributed by atoms with Gasteiger partial charge in [-0.2, -0.15) is 0 Å². The highest BCUT2D eigenvalue weighted by Crippen LogP contribution is 2.37. The van der Waals surface area contributed by atoms with Crippen LogP contribution in [0.15, 0.2) is 30.3 Å². The molecule has 5 heteroatoms. The number of amides is 1. The van der Waals surface area contributed by atoms with E-state index < -0.39 is 6.10 Å². The fourth-order valence-corrected chi connectivity index (χ4v) is 4.52. The first kappa shape index (κ1) is 18.1. The third-order valence-corrected chi connectivity index (χ3v) is 6.27. The fraction of sp³-hybridized carbons (Fsp3) is 0.500. The van der Waals surface area contributed by atoms with Crippen LogP contribution in [0.1, 0.15) is 64.5 Å². The molecule has 1 aliphatic rings. The second kappa shape index (κ2) is 8.11. The summed E-state index contributed by atoms with van der Waals surface area (Å²) in [6, 6.07) is 9.52. The lowest BCUT2D eigenvalue weighted by Gasteiger charge is -2.20. The van der Waals surface area contributed by atoms with Crippen molar-refractivity contribution in [2.45, 2.75) is 64.0 Å². The van der Waals surface area contributed by atoms with Crippen molar-refractivity contribution in [2.24, 2.45) is 0 Å². The van der Waals surface area contributed by atoms with Gasteiger partial charge in [0.2, 0.25) is 0 Å². The highest BCUT2D eigenvalue weighted by Gasteiger charge is 2.25. The minimum Gasteiger partial charge on any atom is -0.391 e. The maximum Gasteiger partial charge on any atom is 0.263 e. The van der Waals surface area contributed by atoms with Crippen LogP contribution in [0.3, 0.4) is 0 Å². The van der Waals surface area contributed by atoms with Gasteiger partial charge < -0.3 is 10.4 Å². The van der Waals surface area contributed by atoms with E-state index >= 15 is 0 Å². The van der Waals surface area contributed by atoms with Gasteiger partial charge in [-0.15, -0.1) is 11.3 Å². The van der Waals surface area contributed by atoms with Crippen molar-refractivity contribution < 1.29 is 9.90 Å². The summed E-state index contributed by atoms with van der Waals surface area (Å²) in [5.74, 6) is 0.394. The van der Waals surface area contributed by atoms with Crippen LogP contribution in [0.25, 0.3) is 0 Å². The van der Waals surface area contributed by atoms with Crippen molar-refractivity contribution in [1.29, 1.82) is 0 Å². The molecule has 1 aromatic heterocycles. The van der Waals surface area contributed by atoms with E-state index in [9.17, 15) is 9.90 Å². The Balaban J connectivity index is 1.61. The Morgan fingerprint density at radius 1 is 1.32 bits per heavy atom. The van der Waals surface area contributed by atoms with Crippen LogP contribution in [0.5, 0.6) is 0 Å². The smallest absolute Gasteiger partial charge is 0.263 e. The standard InChI is InChI=1S/C20H26N2O2S/c1-13(17(23)12-15-8-4-3-5-9-15)21-19(24)18-14(2)22-20(25-18)16-10-6-7-11-16/h3-5,8-9,13,16-17,23H,6-7,10-12H2,1-2H3,(H,21,24)/t13-,17-/m0/s1. The zero-order chi connectivity index (χ0) is 17.8. The molecule has 1 fully saturated rings. The predicted octanol–water partition coefficient (Wildman–Crippen LogP) is 3.83. The molecule has 3 rings (SSSR count). The minimum absolute atomic E-state index is 0.126. The van der Waals surface area contributed by atoms with Gasteiger partial charge in [0.05, 0.1) is 22.8 Å². The maximum atomic E-state index is 12.6. The molecular formula is C20H26N2O2S. The molecule has 134 valence electrons. The van der Waals surface area contributed by atoms with Crippen molar-refractivity contribution in [3.8, 4) is 0 Å². The number of hydrogen-bond acceptors (Lipinski definition) is 4. The van der Waals surface area contributed by atoms with Crippen LogP contribution in [0.2, 0.25) is 0 Å². The minimum atomic E-state index is -0.617. The maximum absolute atomic E-state index is 12.6. The average molecular weight is 359 g/mol. The van der Waals surface area contributed by atoms with E-state index in [1.165, 1.54) is 37.0 Å². The molecule has 1 amide bonds. The Morgan fingerprint density at radius 3 is 2.68 bits per heavy atom. The molecule has 0 spiro atoms. The summed E-state index contributed by atoms with van der Waals surface area (Å²) < 4.78 is 0. The number of aromatic nitrogens is 1. The quantitative estimate of drug-likeness (QED) is 0.825. The number of aliphatic hydroxyl groups excluding tert-OH is 1. The number of carbonyl (C=O) groups is 1. The molecule has 4 nitrogen and oxygen atoms in total. The van der Waals surface area contributed by atoms with Gasteiger partial charge in [0.1, 0.15) is 4.88 Å². The molecular weight excluding hydrogens is 332 g/mol. The number of benzene rings is 1. The number of aryl methyl sites for hydroxylation is 1. The van der Waals surface area contributed by atoms with Crippen LogP contribution >= 0.6 is 11.3 Å². The van der Waals surface area contributed by atoms with E-state index in [1.807, 2.05) is 44.2 Å². The Kier molecular flexibility index (Phi) is 5.86. The van der Waals surface area contributed by atoms with Crippen LogP contribution < -0.4 is 5.32 Å². The molecule has 0 radical (unpaired) electrons. The molecule has 1 aromatic carbocycles. The second-order valence-electron chi connectivity index (χ2n) is 6.97. The van der Waals surface area contributed by atoms with Gasteiger partial charge in [-0.1, -0.05) is 43.2 Å². The molecule has 2 atom stereocenters. The average Bonchev–Trinajstić information content (AvgIpc) is 3.25. The molecule has 0 aliphatic heterocycles. The number of nitrogens with one attached hydrogen (secondary N) is 1. The van der Waals surface area contributed by atoms with Crippen molar-refractivity contribution in [2.75, 3.05) is 0 Å². The monoisotopic (exact) mass is 358 g/mol. The number of aliphatic hydroxyl groups is 1. The Labute approximate surface area is 153 Å². The summed E-state index contributed by atoms with van der Waals surface area (Å²) in [7, 11) is 0. The van der Waals surface area contributed by atoms with E-state index in [2.05, 4.69) is 10.3 Å². The molecule has 25 heavy (non-hydrogen) atoms. The normalized spacial score (nSPS) is 17.4. The lowest BCUT2D eigenvalue weighted by Crippen LogP contribution is -2.42.